The summed E-state index contributed by atoms with van der Waals surface area (Å²) in [4.78, 5) is 11.9. The van der Waals surface area contributed by atoms with E-state index in [1.165, 1.54) is 4.68 Å². The van der Waals surface area contributed by atoms with Gasteiger partial charge in [0.05, 0.1) is 6.04 Å². The Bertz CT molecular complexity index is 564. The van der Waals surface area contributed by atoms with Crippen molar-refractivity contribution in [3.8, 4) is 0 Å². The van der Waals surface area contributed by atoms with Gasteiger partial charge in [-0.05, 0) is 30.7 Å². The molecule has 0 spiro atoms. The zero-order valence-corrected chi connectivity index (χ0v) is 12.1. The van der Waals surface area contributed by atoms with Gasteiger partial charge in [-0.25, -0.2) is 0 Å². The lowest BCUT2D eigenvalue weighted by atomic mass is 10.1. The van der Waals surface area contributed by atoms with E-state index < -0.39 is 0 Å². The number of rotatable bonds is 4. The summed E-state index contributed by atoms with van der Waals surface area (Å²) >= 11 is 3.38. The van der Waals surface area contributed by atoms with E-state index in [-0.39, 0.29) is 18.5 Å². The van der Waals surface area contributed by atoms with Crippen LogP contribution in [0.15, 0.2) is 41.0 Å². The lowest BCUT2D eigenvalue weighted by Crippen LogP contribution is -2.30. The van der Waals surface area contributed by atoms with Crippen LogP contribution < -0.4 is 11.1 Å². The fourth-order valence-electron chi connectivity index (χ4n) is 1.73. The molecule has 2 aromatic rings. The van der Waals surface area contributed by atoms with E-state index in [2.05, 4.69) is 26.3 Å². The number of amides is 1. The fourth-order valence-corrected chi connectivity index (χ4v) is 2.00. The topological polar surface area (TPSA) is 72.9 Å². The first-order chi connectivity index (χ1) is 9.04. The summed E-state index contributed by atoms with van der Waals surface area (Å²) in [6.45, 7) is 2.11. The molecule has 5 nitrogen and oxygen atoms in total. The highest BCUT2D eigenvalue weighted by Crippen LogP contribution is 2.16. The molecule has 2 rings (SSSR count). The van der Waals surface area contributed by atoms with Crippen molar-refractivity contribution in [2.24, 2.45) is 0 Å². The Morgan fingerprint density at radius 3 is 2.68 bits per heavy atom. The molecule has 0 aliphatic carbocycles. The van der Waals surface area contributed by atoms with E-state index in [0.717, 1.165) is 10.0 Å². The van der Waals surface area contributed by atoms with Gasteiger partial charge in [-0.1, -0.05) is 28.1 Å². The van der Waals surface area contributed by atoms with Gasteiger partial charge >= 0.3 is 0 Å². The van der Waals surface area contributed by atoms with Gasteiger partial charge in [0.15, 0.2) is 0 Å². The summed E-state index contributed by atoms with van der Waals surface area (Å²) < 4.78 is 2.53. The van der Waals surface area contributed by atoms with Gasteiger partial charge < -0.3 is 11.1 Å². The molecule has 100 valence electrons. The van der Waals surface area contributed by atoms with E-state index in [0.29, 0.717) is 5.82 Å². The van der Waals surface area contributed by atoms with Gasteiger partial charge in [0.1, 0.15) is 12.4 Å². The van der Waals surface area contributed by atoms with E-state index in [1.807, 2.05) is 31.2 Å². The van der Waals surface area contributed by atoms with Crippen LogP contribution in [0.1, 0.15) is 18.5 Å². The molecule has 0 aliphatic heterocycles. The second kappa shape index (κ2) is 5.88. The molecule has 1 aromatic carbocycles. The first kappa shape index (κ1) is 13.6. The molecule has 0 fully saturated rings. The van der Waals surface area contributed by atoms with Gasteiger partial charge in [0, 0.05) is 10.7 Å². The molecular formula is C13H15BrN4O. The number of halogens is 1. The molecule has 6 heteroatoms. The van der Waals surface area contributed by atoms with Crippen molar-refractivity contribution in [1.82, 2.24) is 15.1 Å². The minimum atomic E-state index is -0.0986. The molecule has 3 N–H and O–H groups in total. The molecule has 0 radical (unpaired) electrons. The average molecular weight is 323 g/mol. The van der Waals surface area contributed by atoms with Gasteiger partial charge in [-0.3, -0.25) is 9.48 Å². The third-order valence-electron chi connectivity index (χ3n) is 2.71. The van der Waals surface area contributed by atoms with Crippen molar-refractivity contribution in [3.05, 3.63) is 46.6 Å². The zero-order chi connectivity index (χ0) is 13.8. The average Bonchev–Trinajstić information content (AvgIpc) is 2.75. The monoisotopic (exact) mass is 322 g/mol. The molecular weight excluding hydrogens is 308 g/mol. The van der Waals surface area contributed by atoms with E-state index in [4.69, 9.17) is 5.73 Å². The highest BCUT2D eigenvalue weighted by atomic mass is 79.9. The van der Waals surface area contributed by atoms with E-state index >= 15 is 0 Å². The SMILES string of the molecule is C[C@@H](NC(=O)Cn1ccc(N)n1)c1ccc(Br)cc1. The number of hydrogen-bond donors (Lipinski definition) is 2. The van der Waals surface area contributed by atoms with Crippen molar-refractivity contribution in [1.29, 1.82) is 0 Å². The maximum absolute atomic E-state index is 11.9. The minimum absolute atomic E-state index is 0.0477. The van der Waals surface area contributed by atoms with Crippen molar-refractivity contribution >= 4 is 27.7 Å². The molecule has 0 saturated heterocycles. The predicted molar refractivity (Wildman–Crippen MR) is 77.3 cm³/mol. The second-order valence-corrected chi connectivity index (χ2v) is 5.19. The Morgan fingerprint density at radius 2 is 2.11 bits per heavy atom. The van der Waals surface area contributed by atoms with Crippen LogP contribution in [-0.2, 0) is 11.3 Å². The number of aromatic nitrogens is 2. The summed E-state index contributed by atoms with van der Waals surface area (Å²) in [5.74, 6) is 0.312. The number of carbonyl (C=O) groups is 1. The maximum Gasteiger partial charge on any atom is 0.242 e. The number of nitrogens with zero attached hydrogens (tertiary/aromatic N) is 2. The van der Waals surface area contributed by atoms with Crippen molar-refractivity contribution in [3.63, 3.8) is 0 Å². The molecule has 1 atom stereocenters. The van der Waals surface area contributed by atoms with E-state index in [9.17, 15) is 4.79 Å². The van der Waals surface area contributed by atoms with Crippen LogP contribution in [0, 0.1) is 0 Å². The van der Waals surface area contributed by atoms with Gasteiger partial charge in [0.25, 0.3) is 0 Å². The molecule has 0 saturated carbocycles. The summed E-state index contributed by atoms with van der Waals surface area (Å²) in [6.07, 6.45) is 1.68. The van der Waals surface area contributed by atoms with Crippen LogP contribution in [0.25, 0.3) is 0 Å². The van der Waals surface area contributed by atoms with Crippen LogP contribution in [-0.4, -0.2) is 15.7 Å². The van der Waals surface area contributed by atoms with Crippen LogP contribution in [0.2, 0.25) is 0 Å². The van der Waals surface area contributed by atoms with Crippen LogP contribution in [0.3, 0.4) is 0 Å². The number of anilines is 1. The van der Waals surface area contributed by atoms with Gasteiger partial charge in [-0.15, -0.1) is 0 Å². The summed E-state index contributed by atoms with van der Waals surface area (Å²) in [5, 5.41) is 6.89. The van der Waals surface area contributed by atoms with Gasteiger partial charge in [-0.2, -0.15) is 5.10 Å². The summed E-state index contributed by atoms with van der Waals surface area (Å²) in [7, 11) is 0. The number of hydrogen-bond acceptors (Lipinski definition) is 3. The summed E-state index contributed by atoms with van der Waals surface area (Å²) in [5.41, 5.74) is 6.55. The molecule has 0 aliphatic rings. The van der Waals surface area contributed by atoms with Crippen molar-refractivity contribution in [2.45, 2.75) is 19.5 Å². The number of nitrogens with one attached hydrogen (secondary N) is 1. The molecule has 1 amide bonds. The zero-order valence-electron chi connectivity index (χ0n) is 10.5. The quantitative estimate of drug-likeness (QED) is 0.905. The Hall–Kier alpha value is -1.82. The third kappa shape index (κ3) is 3.82. The Labute approximate surface area is 119 Å². The van der Waals surface area contributed by atoms with Crippen LogP contribution >= 0.6 is 15.9 Å². The molecule has 0 unspecified atom stereocenters. The number of nitrogens with two attached hydrogens (primary N) is 1. The largest absolute Gasteiger partial charge is 0.382 e. The number of carbonyl (C=O) groups excluding carboxylic acids is 1. The van der Waals surface area contributed by atoms with Crippen LogP contribution in [0.4, 0.5) is 5.82 Å². The fraction of sp³-hybridized carbons (Fsp3) is 0.231. The first-order valence-electron chi connectivity index (χ1n) is 5.88. The predicted octanol–water partition coefficient (Wildman–Crippen LogP) is 2.11. The smallest absolute Gasteiger partial charge is 0.242 e. The third-order valence-corrected chi connectivity index (χ3v) is 3.24. The number of benzene rings is 1. The molecule has 0 bridgehead atoms. The molecule has 1 aromatic heterocycles. The lowest BCUT2D eigenvalue weighted by molar-refractivity contribution is -0.122. The second-order valence-electron chi connectivity index (χ2n) is 4.28. The molecule has 19 heavy (non-hydrogen) atoms. The van der Waals surface area contributed by atoms with Crippen molar-refractivity contribution in [2.75, 3.05) is 5.73 Å². The maximum atomic E-state index is 11.9. The normalized spacial score (nSPS) is 12.1. The molecule has 1 heterocycles. The highest BCUT2D eigenvalue weighted by molar-refractivity contribution is 9.10. The lowest BCUT2D eigenvalue weighted by Gasteiger charge is -2.14. The summed E-state index contributed by atoms with van der Waals surface area (Å²) in [6, 6.07) is 9.46. The van der Waals surface area contributed by atoms with Crippen molar-refractivity contribution < 1.29 is 4.79 Å². The minimum Gasteiger partial charge on any atom is -0.382 e. The van der Waals surface area contributed by atoms with Crippen LogP contribution in [0.5, 0.6) is 0 Å². The first-order valence-corrected chi connectivity index (χ1v) is 6.67. The standard InChI is InChI=1S/C13H15BrN4O/c1-9(10-2-4-11(14)5-3-10)16-13(19)8-18-7-6-12(15)17-18/h2-7,9H,8H2,1H3,(H2,15,17)(H,16,19)/t9-/m1/s1. The Balaban J connectivity index is 1.93. The van der Waals surface area contributed by atoms with Gasteiger partial charge in [0.2, 0.25) is 5.91 Å². The van der Waals surface area contributed by atoms with E-state index in [1.54, 1.807) is 12.3 Å². The Kier molecular flexibility index (Phi) is 4.21. The highest BCUT2D eigenvalue weighted by Gasteiger charge is 2.10. The number of nitrogen functional groups attached to an aromatic ring is 1. The Morgan fingerprint density at radius 1 is 1.42 bits per heavy atom.